The molecule has 0 saturated carbocycles. The van der Waals surface area contributed by atoms with E-state index in [1.807, 2.05) is 12.1 Å². The van der Waals surface area contributed by atoms with Crippen LogP contribution in [0.25, 0.3) is 0 Å². The standard InChI is InChI=1S/C15H19NO3/c17-15(19-10-11-5-6-18-9-11)14-7-12-3-1-2-4-13(12)8-16-14/h1-4,11,14,16H,5-10H2. The Bertz CT molecular complexity index is 454. The van der Waals surface area contributed by atoms with E-state index < -0.39 is 0 Å². The quantitative estimate of drug-likeness (QED) is 0.833. The van der Waals surface area contributed by atoms with Gasteiger partial charge in [0.2, 0.25) is 0 Å². The summed E-state index contributed by atoms with van der Waals surface area (Å²) in [6, 6.07) is 8.01. The van der Waals surface area contributed by atoms with Gasteiger partial charge in [-0.15, -0.1) is 0 Å². The van der Waals surface area contributed by atoms with Gasteiger partial charge < -0.3 is 14.8 Å². The first-order valence-electron chi connectivity index (χ1n) is 6.87. The molecule has 3 rings (SSSR count). The molecule has 0 amide bonds. The third-order valence-corrected chi connectivity index (χ3v) is 3.85. The molecule has 0 aliphatic carbocycles. The van der Waals surface area contributed by atoms with Gasteiger partial charge in [-0.05, 0) is 24.0 Å². The van der Waals surface area contributed by atoms with Crippen molar-refractivity contribution in [2.45, 2.75) is 25.4 Å². The monoisotopic (exact) mass is 261 g/mol. The highest BCUT2D eigenvalue weighted by Crippen LogP contribution is 2.18. The van der Waals surface area contributed by atoms with E-state index in [1.165, 1.54) is 11.1 Å². The molecular weight excluding hydrogens is 242 g/mol. The third-order valence-electron chi connectivity index (χ3n) is 3.85. The van der Waals surface area contributed by atoms with E-state index in [0.29, 0.717) is 19.1 Å². The van der Waals surface area contributed by atoms with Gasteiger partial charge in [0.1, 0.15) is 6.04 Å². The molecule has 4 heteroatoms. The smallest absolute Gasteiger partial charge is 0.323 e. The molecule has 0 aromatic heterocycles. The highest BCUT2D eigenvalue weighted by Gasteiger charge is 2.26. The lowest BCUT2D eigenvalue weighted by atomic mass is 9.96. The Morgan fingerprint density at radius 3 is 3.00 bits per heavy atom. The van der Waals surface area contributed by atoms with Crippen LogP contribution < -0.4 is 5.32 Å². The molecule has 19 heavy (non-hydrogen) atoms. The van der Waals surface area contributed by atoms with Gasteiger partial charge in [0.15, 0.2) is 0 Å². The van der Waals surface area contributed by atoms with Crippen molar-refractivity contribution in [3.05, 3.63) is 35.4 Å². The summed E-state index contributed by atoms with van der Waals surface area (Å²) in [6.07, 6.45) is 1.71. The lowest BCUT2D eigenvalue weighted by Crippen LogP contribution is -2.43. The summed E-state index contributed by atoms with van der Waals surface area (Å²) in [5.74, 6) is 0.237. The highest BCUT2D eigenvalue weighted by atomic mass is 16.5. The fourth-order valence-corrected chi connectivity index (χ4v) is 2.64. The van der Waals surface area contributed by atoms with E-state index in [0.717, 1.165) is 26.0 Å². The lowest BCUT2D eigenvalue weighted by molar-refractivity contribution is -0.147. The van der Waals surface area contributed by atoms with Crippen LogP contribution in [0, 0.1) is 5.92 Å². The van der Waals surface area contributed by atoms with Crippen molar-refractivity contribution in [2.24, 2.45) is 5.92 Å². The molecule has 0 radical (unpaired) electrons. The van der Waals surface area contributed by atoms with E-state index in [-0.39, 0.29) is 12.0 Å². The summed E-state index contributed by atoms with van der Waals surface area (Å²) in [7, 11) is 0. The molecule has 2 unspecified atom stereocenters. The number of carbonyl (C=O) groups is 1. The molecule has 102 valence electrons. The highest BCUT2D eigenvalue weighted by molar-refractivity contribution is 5.76. The van der Waals surface area contributed by atoms with Crippen LogP contribution in [0.2, 0.25) is 0 Å². The van der Waals surface area contributed by atoms with Gasteiger partial charge in [-0.2, -0.15) is 0 Å². The number of hydrogen-bond donors (Lipinski definition) is 1. The Morgan fingerprint density at radius 1 is 1.37 bits per heavy atom. The van der Waals surface area contributed by atoms with Crippen molar-refractivity contribution in [2.75, 3.05) is 19.8 Å². The maximum atomic E-state index is 12.0. The number of rotatable bonds is 3. The van der Waals surface area contributed by atoms with E-state index in [4.69, 9.17) is 9.47 Å². The second-order valence-corrected chi connectivity index (χ2v) is 5.27. The molecule has 1 N–H and O–H groups in total. The summed E-state index contributed by atoms with van der Waals surface area (Å²) in [4.78, 5) is 12.0. The van der Waals surface area contributed by atoms with Crippen LogP contribution >= 0.6 is 0 Å². The molecule has 0 spiro atoms. The zero-order valence-corrected chi connectivity index (χ0v) is 10.9. The van der Waals surface area contributed by atoms with Crippen LogP contribution in [-0.2, 0) is 27.2 Å². The minimum Gasteiger partial charge on any atom is -0.464 e. The van der Waals surface area contributed by atoms with E-state index in [2.05, 4.69) is 17.4 Å². The van der Waals surface area contributed by atoms with E-state index >= 15 is 0 Å². The summed E-state index contributed by atoms with van der Waals surface area (Å²) < 4.78 is 10.7. The predicted octanol–water partition coefficient (Wildman–Crippen LogP) is 1.28. The lowest BCUT2D eigenvalue weighted by Gasteiger charge is -2.25. The van der Waals surface area contributed by atoms with Gasteiger partial charge in [-0.25, -0.2) is 0 Å². The molecule has 2 atom stereocenters. The number of carbonyl (C=O) groups excluding carboxylic acids is 1. The summed E-state index contributed by atoms with van der Waals surface area (Å²) in [5, 5.41) is 3.24. The van der Waals surface area contributed by atoms with Crippen molar-refractivity contribution >= 4 is 5.97 Å². The molecule has 1 fully saturated rings. The maximum absolute atomic E-state index is 12.0. The summed E-state index contributed by atoms with van der Waals surface area (Å²) in [5.41, 5.74) is 2.52. The van der Waals surface area contributed by atoms with Gasteiger partial charge >= 0.3 is 5.97 Å². The number of nitrogens with one attached hydrogen (secondary N) is 1. The van der Waals surface area contributed by atoms with Crippen LogP contribution in [0.1, 0.15) is 17.5 Å². The number of benzene rings is 1. The number of ether oxygens (including phenoxy) is 2. The second-order valence-electron chi connectivity index (χ2n) is 5.27. The van der Waals surface area contributed by atoms with Crippen molar-refractivity contribution in [3.63, 3.8) is 0 Å². The van der Waals surface area contributed by atoms with Crippen LogP contribution in [0.15, 0.2) is 24.3 Å². The first-order chi connectivity index (χ1) is 9.33. The Kier molecular flexibility index (Phi) is 3.80. The predicted molar refractivity (Wildman–Crippen MR) is 70.7 cm³/mol. The molecule has 1 aromatic carbocycles. The van der Waals surface area contributed by atoms with E-state index in [9.17, 15) is 4.79 Å². The van der Waals surface area contributed by atoms with Crippen molar-refractivity contribution in [1.82, 2.24) is 5.32 Å². The Balaban J connectivity index is 1.54. The van der Waals surface area contributed by atoms with Crippen molar-refractivity contribution in [1.29, 1.82) is 0 Å². The summed E-state index contributed by atoms with van der Waals surface area (Å²) in [6.45, 7) is 2.73. The third kappa shape index (κ3) is 2.96. The first kappa shape index (κ1) is 12.6. The second kappa shape index (κ2) is 5.72. The molecule has 0 bridgehead atoms. The Labute approximate surface area is 113 Å². The van der Waals surface area contributed by atoms with Gasteiger partial charge in [-0.1, -0.05) is 24.3 Å². The fourth-order valence-electron chi connectivity index (χ4n) is 2.64. The molecule has 1 saturated heterocycles. The van der Waals surface area contributed by atoms with Gasteiger partial charge in [0, 0.05) is 19.1 Å². The SMILES string of the molecule is O=C(OCC1CCOC1)C1Cc2ccccc2CN1. The topological polar surface area (TPSA) is 47.6 Å². The minimum absolute atomic E-state index is 0.138. The number of hydrogen-bond acceptors (Lipinski definition) is 4. The zero-order valence-electron chi connectivity index (χ0n) is 10.9. The molecule has 2 aliphatic heterocycles. The van der Waals surface area contributed by atoms with Crippen LogP contribution in [0.5, 0.6) is 0 Å². The van der Waals surface area contributed by atoms with Gasteiger partial charge in [-0.3, -0.25) is 4.79 Å². The Morgan fingerprint density at radius 2 is 2.21 bits per heavy atom. The van der Waals surface area contributed by atoms with Gasteiger partial charge in [0.05, 0.1) is 13.2 Å². The van der Waals surface area contributed by atoms with Crippen molar-refractivity contribution < 1.29 is 14.3 Å². The fraction of sp³-hybridized carbons (Fsp3) is 0.533. The van der Waals surface area contributed by atoms with Gasteiger partial charge in [0.25, 0.3) is 0 Å². The maximum Gasteiger partial charge on any atom is 0.323 e. The molecule has 2 aliphatic rings. The molecule has 2 heterocycles. The minimum atomic E-state index is -0.211. The average Bonchev–Trinajstić information content (AvgIpc) is 2.97. The van der Waals surface area contributed by atoms with Crippen LogP contribution in [0.4, 0.5) is 0 Å². The summed E-state index contributed by atoms with van der Waals surface area (Å²) >= 11 is 0. The normalized spacial score (nSPS) is 25.9. The molecular formula is C15H19NO3. The number of fused-ring (bicyclic) bond motifs is 1. The number of esters is 1. The molecule has 4 nitrogen and oxygen atoms in total. The molecule has 1 aromatic rings. The van der Waals surface area contributed by atoms with Crippen LogP contribution in [-0.4, -0.2) is 31.8 Å². The Hall–Kier alpha value is -1.39. The zero-order chi connectivity index (χ0) is 13.1. The first-order valence-corrected chi connectivity index (χ1v) is 6.87. The van der Waals surface area contributed by atoms with Crippen LogP contribution in [0.3, 0.4) is 0 Å². The van der Waals surface area contributed by atoms with Crippen molar-refractivity contribution in [3.8, 4) is 0 Å². The average molecular weight is 261 g/mol. The van der Waals surface area contributed by atoms with E-state index in [1.54, 1.807) is 0 Å². The largest absolute Gasteiger partial charge is 0.464 e.